The summed E-state index contributed by atoms with van der Waals surface area (Å²) in [6.07, 6.45) is 18.4. The molecular formula is C19H37NO2. The van der Waals surface area contributed by atoms with Crippen LogP contribution in [0.3, 0.4) is 0 Å². The first-order chi connectivity index (χ1) is 10.7. The standard InChI is InChI=1S/C19H37NO2/c1-2-3-4-5-6-7-8-9-10-11-12-13-14-15-19(22)20-17-16-18(17)21/h17-18,21H,2-16H2,1H3,(H,20,22)/t17-,18-/m0/s1. The fourth-order valence-electron chi connectivity index (χ4n) is 2.92. The largest absolute Gasteiger partial charge is 0.391 e. The van der Waals surface area contributed by atoms with Crippen LogP contribution in [0.15, 0.2) is 0 Å². The van der Waals surface area contributed by atoms with Crippen molar-refractivity contribution in [1.82, 2.24) is 5.32 Å². The number of aliphatic hydroxyl groups is 1. The zero-order valence-corrected chi connectivity index (χ0v) is 14.6. The summed E-state index contributed by atoms with van der Waals surface area (Å²) in [7, 11) is 0. The molecule has 1 saturated carbocycles. The first-order valence-corrected chi connectivity index (χ1v) is 9.71. The molecule has 1 aliphatic rings. The Bertz CT molecular complexity index is 281. The Morgan fingerprint density at radius 1 is 0.864 bits per heavy atom. The molecule has 0 bridgehead atoms. The Hall–Kier alpha value is -0.570. The van der Waals surface area contributed by atoms with Crippen molar-refractivity contribution in [3.63, 3.8) is 0 Å². The Balaban J connectivity index is 1.70. The third kappa shape index (κ3) is 11.1. The summed E-state index contributed by atoms with van der Waals surface area (Å²) in [5.74, 6) is 0.115. The highest BCUT2D eigenvalue weighted by molar-refractivity contribution is 5.76. The lowest BCUT2D eigenvalue weighted by molar-refractivity contribution is -0.121. The third-order valence-electron chi connectivity index (χ3n) is 4.61. The summed E-state index contributed by atoms with van der Waals surface area (Å²) in [5.41, 5.74) is 0. The fraction of sp³-hybridized carbons (Fsp3) is 0.947. The molecule has 0 radical (unpaired) electrons. The lowest BCUT2D eigenvalue weighted by atomic mass is 10.0. The minimum atomic E-state index is -0.282. The highest BCUT2D eigenvalue weighted by atomic mass is 16.3. The van der Waals surface area contributed by atoms with Crippen LogP contribution >= 0.6 is 0 Å². The van der Waals surface area contributed by atoms with Crippen LogP contribution in [0.1, 0.15) is 103 Å². The number of carbonyl (C=O) groups excluding carboxylic acids is 1. The highest BCUT2D eigenvalue weighted by Crippen LogP contribution is 2.20. The van der Waals surface area contributed by atoms with Gasteiger partial charge < -0.3 is 10.4 Å². The maximum absolute atomic E-state index is 11.5. The van der Waals surface area contributed by atoms with E-state index >= 15 is 0 Å². The molecule has 0 aromatic heterocycles. The van der Waals surface area contributed by atoms with Gasteiger partial charge in [-0.3, -0.25) is 4.79 Å². The summed E-state index contributed by atoms with van der Waals surface area (Å²) in [6, 6.07) is 0.0504. The van der Waals surface area contributed by atoms with Crippen LogP contribution in [0.4, 0.5) is 0 Å². The molecule has 1 rings (SSSR count). The fourth-order valence-corrected chi connectivity index (χ4v) is 2.92. The van der Waals surface area contributed by atoms with Crippen molar-refractivity contribution in [3.05, 3.63) is 0 Å². The summed E-state index contributed by atoms with van der Waals surface area (Å²) >= 11 is 0. The van der Waals surface area contributed by atoms with Crippen molar-refractivity contribution in [2.75, 3.05) is 0 Å². The molecule has 130 valence electrons. The molecule has 1 amide bonds. The van der Waals surface area contributed by atoms with Crippen LogP contribution in [0.2, 0.25) is 0 Å². The average molecular weight is 312 g/mol. The molecular weight excluding hydrogens is 274 g/mol. The van der Waals surface area contributed by atoms with Gasteiger partial charge in [0.15, 0.2) is 0 Å². The van der Waals surface area contributed by atoms with E-state index in [9.17, 15) is 4.79 Å². The predicted molar refractivity (Wildman–Crippen MR) is 92.9 cm³/mol. The first kappa shape index (κ1) is 19.5. The van der Waals surface area contributed by atoms with Crippen LogP contribution in [-0.2, 0) is 4.79 Å². The van der Waals surface area contributed by atoms with E-state index in [0.717, 1.165) is 19.3 Å². The molecule has 0 spiro atoms. The van der Waals surface area contributed by atoms with Gasteiger partial charge in [0.1, 0.15) is 0 Å². The second-order valence-corrected chi connectivity index (χ2v) is 6.97. The van der Waals surface area contributed by atoms with Gasteiger partial charge >= 0.3 is 0 Å². The third-order valence-corrected chi connectivity index (χ3v) is 4.61. The molecule has 0 unspecified atom stereocenters. The summed E-state index contributed by atoms with van der Waals surface area (Å²) in [4.78, 5) is 11.5. The van der Waals surface area contributed by atoms with Gasteiger partial charge in [-0.15, -0.1) is 0 Å². The molecule has 22 heavy (non-hydrogen) atoms. The number of hydrogen-bond donors (Lipinski definition) is 2. The van der Waals surface area contributed by atoms with E-state index < -0.39 is 0 Å². The van der Waals surface area contributed by atoms with Crippen LogP contribution in [0.5, 0.6) is 0 Å². The summed E-state index contributed by atoms with van der Waals surface area (Å²) in [5, 5.41) is 12.0. The SMILES string of the molecule is CCCCCCCCCCCCCCCC(=O)N[C@H]1C[C@@H]1O. The molecule has 1 fully saturated rings. The van der Waals surface area contributed by atoms with E-state index in [1.807, 2.05) is 0 Å². The Kier molecular flexibility index (Phi) is 11.4. The zero-order valence-electron chi connectivity index (χ0n) is 14.6. The van der Waals surface area contributed by atoms with Gasteiger partial charge in [0, 0.05) is 6.42 Å². The van der Waals surface area contributed by atoms with Gasteiger partial charge in [-0.25, -0.2) is 0 Å². The number of unbranched alkanes of at least 4 members (excludes halogenated alkanes) is 12. The van der Waals surface area contributed by atoms with Crippen LogP contribution < -0.4 is 5.32 Å². The molecule has 1 aliphatic carbocycles. The molecule has 3 nitrogen and oxygen atoms in total. The van der Waals surface area contributed by atoms with Crippen molar-refractivity contribution < 1.29 is 9.90 Å². The molecule has 0 saturated heterocycles. The second-order valence-electron chi connectivity index (χ2n) is 6.97. The Morgan fingerprint density at radius 3 is 1.68 bits per heavy atom. The number of amides is 1. The minimum Gasteiger partial charge on any atom is -0.391 e. The number of hydrogen-bond acceptors (Lipinski definition) is 2. The van der Waals surface area contributed by atoms with E-state index in [-0.39, 0.29) is 18.1 Å². The lowest BCUT2D eigenvalue weighted by Gasteiger charge is -2.04. The smallest absolute Gasteiger partial charge is 0.220 e. The molecule has 2 atom stereocenters. The topological polar surface area (TPSA) is 49.3 Å². The molecule has 2 N–H and O–H groups in total. The number of aliphatic hydroxyl groups excluding tert-OH is 1. The zero-order chi connectivity index (χ0) is 16.0. The van der Waals surface area contributed by atoms with Crippen LogP contribution in [0.25, 0.3) is 0 Å². The van der Waals surface area contributed by atoms with E-state index in [4.69, 9.17) is 5.11 Å². The Labute approximate surface area is 137 Å². The first-order valence-electron chi connectivity index (χ1n) is 9.71. The monoisotopic (exact) mass is 311 g/mol. The lowest BCUT2D eigenvalue weighted by Crippen LogP contribution is -2.27. The minimum absolute atomic E-state index is 0.0504. The van der Waals surface area contributed by atoms with Crippen LogP contribution in [0, 0.1) is 0 Å². The number of carbonyl (C=O) groups is 1. The summed E-state index contributed by atoms with van der Waals surface area (Å²) in [6.45, 7) is 2.27. The summed E-state index contributed by atoms with van der Waals surface area (Å²) < 4.78 is 0. The second kappa shape index (κ2) is 12.9. The van der Waals surface area contributed by atoms with E-state index in [2.05, 4.69) is 12.2 Å². The van der Waals surface area contributed by atoms with Gasteiger partial charge in [0.2, 0.25) is 5.91 Å². The van der Waals surface area contributed by atoms with Crippen molar-refractivity contribution in [3.8, 4) is 0 Å². The van der Waals surface area contributed by atoms with E-state index in [1.54, 1.807) is 0 Å². The molecule has 3 heteroatoms. The van der Waals surface area contributed by atoms with Crippen molar-refractivity contribution in [1.29, 1.82) is 0 Å². The molecule has 0 aliphatic heterocycles. The van der Waals surface area contributed by atoms with Gasteiger partial charge in [0.25, 0.3) is 0 Å². The molecule has 0 heterocycles. The van der Waals surface area contributed by atoms with Crippen LogP contribution in [-0.4, -0.2) is 23.2 Å². The normalized spacial score (nSPS) is 20.1. The maximum atomic E-state index is 11.5. The van der Waals surface area contributed by atoms with Gasteiger partial charge in [0.05, 0.1) is 12.1 Å². The Morgan fingerprint density at radius 2 is 1.27 bits per heavy atom. The van der Waals surface area contributed by atoms with Gasteiger partial charge in [-0.1, -0.05) is 84.0 Å². The predicted octanol–water partition coefficient (Wildman–Crippen LogP) is 4.72. The average Bonchev–Trinajstić information content (AvgIpc) is 3.19. The molecule has 0 aromatic carbocycles. The quantitative estimate of drug-likeness (QED) is 0.430. The van der Waals surface area contributed by atoms with E-state index in [1.165, 1.54) is 70.6 Å². The highest BCUT2D eigenvalue weighted by Gasteiger charge is 2.36. The molecule has 0 aromatic rings. The number of nitrogens with one attached hydrogen (secondary N) is 1. The van der Waals surface area contributed by atoms with Gasteiger partial charge in [-0.05, 0) is 12.8 Å². The maximum Gasteiger partial charge on any atom is 0.220 e. The van der Waals surface area contributed by atoms with Gasteiger partial charge in [-0.2, -0.15) is 0 Å². The number of rotatable bonds is 15. The van der Waals surface area contributed by atoms with Crippen molar-refractivity contribution in [2.24, 2.45) is 0 Å². The van der Waals surface area contributed by atoms with E-state index in [0.29, 0.717) is 6.42 Å². The van der Waals surface area contributed by atoms with Crippen molar-refractivity contribution >= 4 is 5.91 Å². The van der Waals surface area contributed by atoms with Crippen molar-refractivity contribution in [2.45, 2.75) is 115 Å².